The number of rotatable bonds is 9. The van der Waals surface area contributed by atoms with Crippen molar-refractivity contribution in [2.75, 3.05) is 18.4 Å². The summed E-state index contributed by atoms with van der Waals surface area (Å²) in [5.41, 5.74) is -0.196. The highest BCUT2D eigenvalue weighted by molar-refractivity contribution is 7.93. The second-order valence-electron chi connectivity index (χ2n) is 8.38. The average molecular weight is 471 g/mol. The summed E-state index contributed by atoms with van der Waals surface area (Å²) in [6.07, 6.45) is 6.51. The molecule has 0 amide bonds. The lowest BCUT2D eigenvalue weighted by atomic mass is 10.1. The Hall–Kier alpha value is -1.82. The zero-order valence-electron chi connectivity index (χ0n) is 17.8. The van der Waals surface area contributed by atoms with Gasteiger partial charge in [-0.1, -0.05) is 11.6 Å². The number of nitrogens with zero attached hydrogens (tertiary/aromatic N) is 5. The third kappa shape index (κ3) is 4.69. The van der Waals surface area contributed by atoms with Crippen LogP contribution in [0.3, 0.4) is 0 Å². The SMILES string of the molecule is CO[C@H](c1ncc(Cl)cn1)[C@H](C)S(=O)(=O)Nc1nnc(C[C@H]2CCCO2)n1C1(C)CC1. The molecule has 3 heterocycles. The largest absolute Gasteiger partial charge is 0.378 e. The zero-order chi connectivity index (χ0) is 22.2. The van der Waals surface area contributed by atoms with Crippen LogP contribution < -0.4 is 4.72 Å². The molecular weight excluding hydrogens is 444 g/mol. The molecule has 2 aromatic heterocycles. The highest BCUT2D eigenvalue weighted by Gasteiger charge is 2.44. The molecule has 12 heteroatoms. The molecule has 170 valence electrons. The number of ether oxygens (including phenoxy) is 2. The van der Waals surface area contributed by atoms with Crippen LogP contribution in [0.25, 0.3) is 0 Å². The molecule has 1 aliphatic carbocycles. The Morgan fingerprint density at radius 3 is 2.65 bits per heavy atom. The maximum Gasteiger partial charge on any atom is 0.240 e. The van der Waals surface area contributed by atoms with Crippen molar-refractivity contribution in [1.29, 1.82) is 0 Å². The zero-order valence-corrected chi connectivity index (χ0v) is 19.4. The van der Waals surface area contributed by atoms with Gasteiger partial charge in [-0.25, -0.2) is 18.4 Å². The van der Waals surface area contributed by atoms with Gasteiger partial charge >= 0.3 is 0 Å². The predicted molar refractivity (Wildman–Crippen MR) is 114 cm³/mol. The molecule has 0 radical (unpaired) electrons. The van der Waals surface area contributed by atoms with Gasteiger partial charge in [-0.3, -0.25) is 9.29 Å². The van der Waals surface area contributed by atoms with Crippen molar-refractivity contribution < 1.29 is 17.9 Å². The molecule has 1 saturated carbocycles. The Labute approximate surface area is 186 Å². The highest BCUT2D eigenvalue weighted by Crippen LogP contribution is 2.45. The van der Waals surface area contributed by atoms with E-state index in [1.165, 1.54) is 19.5 Å². The summed E-state index contributed by atoms with van der Waals surface area (Å²) in [7, 11) is -2.48. The molecule has 0 bridgehead atoms. The van der Waals surface area contributed by atoms with Crippen molar-refractivity contribution in [2.24, 2.45) is 0 Å². The predicted octanol–water partition coefficient (Wildman–Crippen LogP) is 2.47. The topological polar surface area (TPSA) is 121 Å². The van der Waals surface area contributed by atoms with Gasteiger partial charge in [0.1, 0.15) is 17.2 Å². The number of methoxy groups -OCH3 is 1. The second-order valence-corrected chi connectivity index (χ2v) is 10.9. The molecule has 2 aromatic rings. The number of nitrogens with one attached hydrogen (secondary N) is 1. The van der Waals surface area contributed by atoms with Gasteiger partial charge in [-0.05, 0) is 39.5 Å². The van der Waals surface area contributed by atoms with E-state index in [1.807, 2.05) is 4.57 Å². The van der Waals surface area contributed by atoms with Crippen molar-refractivity contribution in [1.82, 2.24) is 24.7 Å². The number of hydrogen-bond donors (Lipinski definition) is 1. The number of aromatic nitrogens is 5. The normalized spacial score (nSPS) is 22.3. The van der Waals surface area contributed by atoms with E-state index in [0.717, 1.165) is 38.1 Å². The summed E-state index contributed by atoms with van der Waals surface area (Å²) in [5.74, 6) is 1.19. The minimum atomic E-state index is -3.89. The van der Waals surface area contributed by atoms with Gasteiger partial charge < -0.3 is 9.47 Å². The van der Waals surface area contributed by atoms with Crippen molar-refractivity contribution in [3.63, 3.8) is 0 Å². The molecule has 1 N–H and O–H groups in total. The smallest absolute Gasteiger partial charge is 0.240 e. The number of halogens is 1. The first-order chi connectivity index (χ1) is 14.7. The van der Waals surface area contributed by atoms with Crippen LogP contribution in [0, 0.1) is 0 Å². The summed E-state index contributed by atoms with van der Waals surface area (Å²) in [6, 6.07) is 0. The van der Waals surface area contributed by atoms with Crippen molar-refractivity contribution >= 4 is 27.6 Å². The lowest BCUT2D eigenvalue weighted by Gasteiger charge is -2.23. The van der Waals surface area contributed by atoms with E-state index in [0.29, 0.717) is 11.4 Å². The minimum absolute atomic E-state index is 0.0913. The van der Waals surface area contributed by atoms with Gasteiger partial charge in [0.15, 0.2) is 5.82 Å². The number of hydrogen-bond acceptors (Lipinski definition) is 8. The third-order valence-electron chi connectivity index (χ3n) is 5.98. The van der Waals surface area contributed by atoms with Crippen LogP contribution in [-0.4, -0.2) is 58.2 Å². The van der Waals surface area contributed by atoms with E-state index in [-0.39, 0.29) is 23.4 Å². The monoisotopic (exact) mass is 470 g/mol. The fourth-order valence-corrected chi connectivity index (χ4v) is 5.08. The van der Waals surface area contributed by atoms with E-state index in [2.05, 4.69) is 31.8 Å². The Bertz CT molecular complexity index is 1020. The summed E-state index contributed by atoms with van der Waals surface area (Å²) < 4.78 is 42.1. The van der Waals surface area contributed by atoms with Gasteiger partial charge in [-0.2, -0.15) is 0 Å². The van der Waals surface area contributed by atoms with Gasteiger partial charge in [-0.15, -0.1) is 10.2 Å². The van der Waals surface area contributed by atoms with E-state index in [9.17, 15) is 8.42 Å². The number of sulfonamides is 1. The molecule has 0 aromatic carbocycles. The molecule has 10 nitrogen and oxygen atoms in total. The molecule has 3 atom stereocenters. The minimum Gasteiger partial charge on any atom is -0.378 e. The van der Waals surface area contributed by atoms with Crippen molar-refractivity contribution in [3.05, 3.63) is 29.1 Å². The first kappa shape index (κ1) is 22.4. The lowest BCUT2D eigenvalue weighted by molar-refractivity contribution is 0.0950. The Morgan fingerprint density at radius 2 is 2.06 bits per heavy atom. The molecule has 0 unspecified atom stereocenters. The first-order valence-electron chi connectivity index (χ1n) is 10.3. The molecule has 1 aliphatic heterocycles. The third-order valence-corrected chi connectivity index (χ3v) is 7.86. The van der Waals surface area contributed by atoms with Crippen LogP contribution in [0.5, 0.6) is 0 Å². The van der Waals surface area contributed by atoms with Crippen LogP contribution in [0.1, 0.15) is 57.3 Å². The van der Waals surface area contributed by atoms with E-state index in [4.69, 9.17) is 21.1 Å². The Balaban J connectivity index is 1.58. The fraction of sp³-hybridized carbons (Fsp3) is 0.684. The van der Waals surface area contributed by atoms with Crippen LogP contribution in [0.15, 0.2) is 12.4 Å². The maximum absolute atomic E-state index is 13.2. The van der Waals surface area contributed by atoms with Crippen LogP contribution in [0.2, 0.25) is 5.02 Å². The van der Waals surface area contributed by atoms with E-state index in [1.54, 1.807) is 6.92 Å². The summed E-state index contributed by atoms with van der Waals surface area (Å²) in [6.45, 7) is 4.37. The van der Waals surface area contributed by atoms with Gasteiger partial charge in [0.25, 0.3) is 0 Å². The van der Waals surface area contributed by atoms with E-state index < -0.39 is 21.4 Å². The van der Waals surface area contributed by atoms with Crippen LogP contribution >= 0.6 is 11.6 Å². The maximum atomic E-state index is 13.2. The van der Waals surface area contributed by atoms with Crippen molar-refractivity contribution in [3.8, 4) is 0 Å². The molecule has 2 fully saturated rings. The standard InChI is InChI=1S/C19H27ClN6O4S/c1-12(16(29-3)17-21-10-13(20)11-22-17)31(27,28)25-18-24-23-15(9-14-5-4-8-30-14)26(18)19(2)6-7-19/h10-12,14,16H,4-9H2,1-3H3,(H,24,25)/t12-,14+,16-/m0/s1. The number of anilines is 1. The molecule has 4 rings (SSSR count). The summed E-state index contributed by atoms with van der Waals surface area (Å²) in [5, 5.41) is 7.85. The van der Waals surface area contributed by atoms with Gasteiger partial charge in [0.05, 0.1) is 11.1 Å². The van der Waals surface area contributed by atoms with Gasteiger partial charge in [0.2, 0.25) is 16.0 Å². The second kappa shape index (κ2) is 8.61. The first-order valence-corrected chi connectivity index (χ1v) is 12.2. The van der Waals surface area contributed by atoms with E-state index >= 15 is 0 Å². The molecule has 1 saturated heterocycles. The summed E-state index contributed by atoms with van der Waals surface area (Å²) >= 11 is 5.84. The molecule has 2 aliphatic rings. The highest BCUT2D eigenvalue weighted by atomic mass is 35.5. The molecular formula is C19H27ClN6O4S. The molecule has 31 heavy (non-hydrogen) atoms. The average Bonchev–Trinajstić information content (AvgIpc) is 3.11. The lowest BCUT2D eigenvalue weighted by Crippen LogP contribution is -2.34. The fourth-order valence-electron chi connectivity index (χ4n) is 3.85. The van der Waals surface area contributed by atoms with Crippen LogP contribution in [0.4, 0.5) is 5.95 Å². The molecule has 0 spiro atoms. The van der Waals surface area contributed by atoms with Crippen molar-refractivity contribution in [2.45, 2.75) is 68.9 Å². The summed E-state index contributed by atoms with van der Waals surface area (Å²) in [4.78, 5) is 8.22. The Morgan fingerprint density at radius 1 is 1.35 bits per heavy atom. The van der Waals surface area contributed by atoms with Crippen LogP contribution in [-0.2, 0) is 31.5 Å². The quantitative estimate of drug-likeness (QED) is 0.593. The van der Waals surface area contributed by atoms with Gasteiger partial charge in [0, 0.05) is 38.1 Å². The Kier molecular flexibility index (Phi) is 6.21.